The van der Waals surface area contributed by atoms with E-state index >= 15 is 0 Å². The SMILES string of the molecule is C=C(C)C(=O)OC12CC(CCC1C)C2(C)C. The highest BCUT2D eigenvalue weighted by Crippen LogP contribution is 2.65. The highest BCUT2D eigenvalue weighted by molar-refractivity contribution is 5.87. The Kier molecular flexibility index (Phi) is 2.45. The molecule has 2 nitrogen and oxygen atoms in total. The standard InChI is InChI=1S/C14H22O2/c1-9(2)12(15)16-14-8-11(13(14,4)5)7-6-10(14)3/h10-11H,1,6-8H2,2-5H3. The quantitative estimate of drug-likeness (QED) is 0.529. The molecule has 2 heteroatoms. The number of fused-ring (bicyclic) bond motifs is 2. The van der Waals surface area contributed by atoms with Crippen molar-refractivity contribution in [3.05, 3.63) is 12.2 Å². The van der Waals surface area contributed by atoms with E-state index in [9.17, 15) is 4.79 Å². The lowest BCUT2D eigenvalue weighted by Gasteiger charge is -2.66. The van der Waals surface area contributed by atoms with E-state index in [-0.39, 0.29) is 17.0 Å². The summed E-state index contributed by atoms with van der Waals surface area (Å²) in [7, 11) is 0. The van der Waals surface area contributed by atoms with Gasteiger partial charge in [-0.2, -0.15) is 0 Å². The van der Waals surface area contributed by atoms with E-state index in [4.69, 9.17) is 4.74 Å². The summed E-state index contributed by atoms with van der Waals surface area (Å²) >= 11 is 0. The van der Waals surface area contributed by atoms with Crippen LogP contribution in [0.2, 0.25) is 0 Å². The minimum Gasteiger partial charge on any atom is -0.455 e. The molecule has 16 heavy (non-hydrogen) atoms. The average molecular weight is 222 g/mol. The average Bonchev–Trinajstić information content (AvgIpc) is 2.20. The van der Waals surface area contributed by atoms with Crippen LogP contribution in [0.4, 0.5) is 0 Å². The van der Waals surface area contributed by atoms with Crippen molar-refractivity contribution in [3.63, 3.8) is 0 Å². The molecule has 3 aliphatic carbocycles. The Morgan fingerprint density at radius 3 is 2.44 bits per heavy atom. The zero-order chi connectivity index (χ0) is 12.1. The molecule has 0 saturated heterocycles. The first kappa shape index (κ1) is 11.7. The number of rotatable bonds is 2. The summed E-state index contributed by atoms with van der Waals surface area (Å²) in [5, 5.41) is 0. The van der Waals surface area contributed by atoms with Crippen molar-refractivity contribution in [1.29, 1.82) is 0 Å². The summed E-state index contributed by atoms with van der Waals surface area (Å²) in [5.41, 5.74) is 0.410. The molecule has 3 fully saturated rings. The number of ether oxygens (including phenoxy) is 1. The van der Waals surface area contributed by atoms with Crippen LogP contribution in [-0.2, 0) is 9.53 Å². The van der Waals surface area contributed by atoms with E-state index in [0.29, 0.717) is 11.5 Å². The van der Waals surface area contributed by atoms with Crippen LogP contribution in [0.5, 0.6) is 0 Å². The second-order valence-electron chi connectivity index (χ2n) is 6.16. The highest BCUT2D eigenvalue weighted by Gasteiger charge is 2.67. The lowest BCUT2D eigenvalue weighted by atomic mass is 9.42. The molecular formula is C14H22O2. The molecule has 0 N–H and O–H groups in total. The Labute approximate surface area is 98.1 Å². The zero-order valence-electron chi connectivity index (χ0n) is 10.8. The molecule has 2 bridgehead atoms. The van der Waals surface area contributed by atoms with Crippen LogP contribution < -0.4 is 0 Å². The topological polar surface area (TPSA) is 26.3 Å². The molecule has 3 unspecified atom stereocenters. The van der Waals surface area contributed by atoms with Crippen molar-refractivity contribution >= 4 is 5.97 Å². The fourth-order valence-corrected chi connectivity index (χ4v) is 3.61. The van der Waals surface area contributed by atoms with Gasteiger partial charge in [0.1, 0.15) is 5.60 Å². The van der Waals surface area contributed by atoms with Crippen molar-refractivity contribution in [2.45, 2.75) is 52.6 Å². The van der Waals surface area contributed by atoms with Gasteiger partial charge < -0.3 is 4.74 Å². The van der Waals surface area contributed by atoms with Gasteiger partial charge in [0.05, 0.1) is 0 Å². The largest absolute Gasteiger partial charge is 0.455 e. The normalized spacial score (nSPS) is 39.8. The first-order chi connectivity index (χ1) is 7.31. The Bertz CT molecular complexity index is 343. The van der Waals surface area contributed by atoms with Crippen molar-refractivity contribution in [3.8, 4) is 0 Å². The monoisotopic (exact) mass is 222 g/mol. The van der Waals surface area contributed by atoms with Gasteiger partial charge in [-0.25, -0.2) is 4.79 Å². The van der Waals surface area contributed by atoms with Crippen LogP contribution in [0, 0.1) is 17.3 Å². The third kappa shape index (κ3) is 1.28. The summed E-state index contributed by atoms with van der Waals surface area (Å²) in [4.78, 5) is 11.8. The van der Waals surface area contributed by atoms with E-state index in [1.807, 2.05) is 0 Å². The van der Waals surface area contributed by atoms with E-state index in [2.05, 4.69) is 27.4 Å². The number of hydrogen-bond acceptors (Lipinski definition) is 2. The van der Waals surface area contributed by atoms with E-state index in [1.165, 1.54) is 12.8 Å². The molecule has 0 heterocycles. The van der Waals surface area contributed by atoms with Crippen molar-refractivity contribution in [1.82, 2.24) is 0 Å². The lowest BCUT2D eigenvalue weighted by molar-refractivity contribution is -0.264. The van der Waals surface area contributed by atoms with E-state index in [0.717, 1.165) is 12.3 Å². The maximum atomic E-state index is 11.8. The van der Waals surface area contributed by atoms with Gasteiger partial charge in [0, 0.05) is 11.0 Å². The van der Waals surface area contributed by atoms with Crippen molar-refractivity contribution in [2.75, 3.05) is 0 Å². The fourth-order valence-electron chi connectivity index (χ4n) is 3.61. The Balaban J connectivity index is 2.22. The summed E-state index contributed by atoms with van der Waals surface area (Å²) in [5.74, 6) is 0.970. The number of carbonyl (C=O) groups is 1. The molecule has 0 aromatic heterocycles. The van der Waals surface area contributed by atoms with Gasteiger partial charge in [0.15, 0.2) is 0 Å². The van der Waals surface area contributed by atoms with E-state index < -0.39 is 0 Å². The Morgan fingerprint density at radius 1 is 1.38 bits per heavy atom. The molecule has 90 valence electrons. The van der Waals surface area contributed by atoms with Crippen LogP contribution >= 0.6 is 0 Å². The molecule has 3 atom stereocenters. The predicted molar refractivity (Wildman–Crippen MR) is 63.9 cm³/mol. The molecule has 3 saturated carbocycles. The molecule has 0 amide bonds. The van der Waals surface area contributed by atoms with Gasteiger partial charge in [-0.05, 0) is 38.0 Å². The zero-order valence-corrected chi connectivity index (χ0v) is 10.8. The predicted octanol–water partition coefficient (Wildman–Crippen LogP) is 3.32. The van der Waals surface area contributed by atoms with Crippen molar-refractivity contribution in [2.24, 2.45) is 17.3 Å². The van der Waals surface area contributed by atoms with Crippen LogP contribution in [0.15, 0.2) is 12.2 Å². The van der Waals surface area contributed by atoms with Crippen LogP contribution in [0.3, 0.4) is 0 Å². The Hall–Kier alpha value is -0.790. The second kappa shape index (κ2) is 3.35. The van der Waals surface area contributed by atoms with Gasteiger partial charge in [0.2, 0.25) is 0 Å². The summed E-state index contributed by atoms with van der Waals surface area (Å²) in [6.07, 6.45) is 3.50. The lowest BCUT2D eigenvalue weighted by Crippen LogP contribution is -2.68. The maximum Gasteiger partial charge on any atom is 0.333 e. The smallest absolute Gasteiger partial charge is 0.333 e. The van der Waals surface area contributed by atoms with Gasteiger partial charge in [0.25, 0.3) is 0 Å². The molecule has 0 aromatic carbocycles. The first-order valence-electron chi connectivity index (χ1n) is 6.20. The molecule has 0 aliphatic heterocycles. The molecule has 0 spiro atoms. The third-order valence-electron chi connectivity index (χ3n) is 5.03. The molecule has 3 rings (SSSR count). The maximum absolute atomic E-state index is 11.8. The van der Waals surface area contributed by atoms with Gasteiger partial charge in [-0.1, -0.05) is 27.4 Å². The minimum absolute atomic E-state index is 0.135. The number of esters is 1. The molecule has 3 aliphatic rings. The highest BCUT2D eigenvalue weighted by atomic mass is 16.6. The second-order valence-corrected chi connectivity index (χ2v) is 6.16. The van der Waals surface area contributed by atoms with Gasteiger partial charge >= 0.3 is 5.97 Å². The first-order valence-corrected chi connectivity index (χ1v) is 6.20. The van der Waals surface area contributed by atoms with Crippen LogP contribution in [-0.4, -0.2) is 11.6 Å². The van der Waals surface area contributed by atoms with Gasteiger partial charge in [-0.3, -0.25) is 0 Å². The fraction of sp³-hybridized carbons (Fsp3) is 0.786. The molecule has 0 aromatic rings. The third-order valence-corrected chi connectivity index (χ3v) is 5.03. The summed E-state index contributed by atoms with van der Waals surface area (Å²) in [6, 6.07) is 0. The van der Waals surface area contributed by atoms with Crippen LogP contribution in [0.1, 0.15) is 47.0 Å². The number of carbonyl (C=O) groups excluding carboxylic acids is 1. The van der Waals surface area contributed by atoms with E-state index in [1.54, 1.807) is 6.92 Å². The Morgan fingerprint density at radius 2 is 2.00 bits per heavy atom. The molecular weight excluding hydrogens is 200 g/mol. The van der Waals surface area contributed by atoms with Crippen molar-refractivity contribution < 1.29 is 9.53 Å². The van der Waals surface area contributed by atoms with Crippen LogP contribution in [0.25, 0.3) is 0 Å². The molecule has 0 radical (unpaired) electrons. The summed E-state index contributed by atoms with van der Waals surface area (Å²) < 4.78 is 5.80. The van der Waals surface area contributed by atoms with Gasteiger partial charge in [-0.15, -0.1) is 0 Å². The minimum atomic E-state index is -0.230. The number of hydrogen-bond donors (Lipinski definition) is 0. The summed E-state index contributed by atoms with van der Waals surface area (Å²) in [6.45, 7) is 12.1.